The monoisotopic (exact) mass is 1180 g/mol. The van der Waals surface area contributed by atoms with Gasteiger partial charge in [-0.3, -0.25) is 18.6 Å². The molecule has 2 atom stereocenters. The van der Waals surface area contributed by atoms with Crippen molar-refractivity contribution in [3.8, 4) is 0 Å². The molecule has 83 heavy (non-hydrogen) atoms. The second kappa shape index (κ2) is 67.5. The fourth-order valence-corrected chi connectivity index (χ4v) is 10.1. The standard InChI is InChI=1S/C73H126NO8P/c1-3-5-7-9-11-13-15-17-19-21-23-25-27-29-31-32-33-34-35-36-37-38-40-42-44-46-48-50-52-54-56-58-60-62-64-66-73(76)82-71(70-81-83(77,78)80-68-67-74)69-79-72(75)65-63-61-59-57-55-53-51-49-47-45-43-41-39-30-28-26-24-22-20-18-16-14-12-10-8-6-4-2/h5,7,11,13,17,19,22-25,29,31,33-34,36-37,40,42,46,48,71H,3-4,6,8-10,12,14-16,18,20-21,26-28,30,32,35,38-39,41,43-45,47,49-70,74H2,1-2H3,(H,77,78)/b7-5-,13-11-,19-17-,24-22-,25-23-,31-29-,34-33-,37-36-,42-40-,48-46-. The van der Waals surface area contributed by atoms with Crippen LogP contribution in [0.15, 0.2) is 122 Å². The zero-order valence-corrected chi connectivity index (χ0v) is 54.3. The highest BCUT2D eigenvalue weighted by Crippen LogP contribution is 2.43. The normalized spacial score (nSPS) is 13.7. The van der Waals surface area contributed by atoms with Crippen LogP contribution in [0, 0.1) is 0 Å². The number of ether oxygens (including phenoxy) is 2. The summed E-state index contributed by atoms with van der Waals surface area (Å²) in [5.41, 5.74) is 5.40. The Labute approximate surface area is 511 Å². The van der Waals surface area contributed by atoms with Gasteiger partial charge in [-0.2, -0.15) is 0 Å². The molecule has 0 spiro atoms. The zero-order valence-electron chi connectivity index (χ0n) is 53.4. The highest BCUT2D eigenvalue weighted by molar-refractivity contribution is 7.47. The van der Waals surface area contributed by atoms with Crippen LogP contribution in [-0.2, 0) is 32.7 Å². The maximum Gasteiger partial charge on any atom is 0.472 e. The topological polar surface area (TPSA) is 134 Å². The predicted molar refractivity (Wildman–Crippen MR) is 358 cm³/mol. The minimum atomic E-state index is -4.40. The SMILES string of the molecule is CC/C=C\C/C=C\C/C=C\C/C=C\C/C=C\C/C=C\C/C=C\C/C=C\C/C=C\CCCCCCCCCC(=O)OC(COC(=O)CCCCCCCCCCCCCCCCC/C=C\CCCCCCCCCC)COP(=O)(O)OCCN. The number of carbonyl (C=O) groups excluding carboxylic acids is 2. The van der Waals surface area contributed by atoms with Gasteiger partial charge >= 0.3 is 19.8 Å². The molecule has 3 N–H and O–H groups in total. The lowest BCUT2D eigenvalue weighted by Crippen LogP contribution is -2.29. The summed E-state index contributed by atoms with van der Waals surface area (Å²) in [6.07, 6.45) is 94.2. The third kappa shape index (κ3) is 67.4. The van der Waals surface area contributed by atoms with Gasteiger partial charge in [0.05, 0.1) is 13.2 Å². The van der Waals surface area contributed by atoms with Crippen molar-refractivity contribution in [2.75, 3.05) is 26.4 Å². The Morgan fingerprint density at radius 3 is 1.00 bits per heavy atom. The Morgan fingerprint density at radius 1 is 0.373 bits per heavy atom. The van der Waals surface area contributed by atoms with Gasteiger partial charge in [-0.05, 0) is 109 Å². The first-order valence-corrected chi connectivity index (χ1v) is 35.5. The first kappa shape index (κ1) is 79.4. The molecule has 0 fully saturated rings. The van der Waals surface area contributed by atoms with Crippen molar-refractivity contribution in [1.82, 2.24) is 0 Å². The largest absolute Gasteiger partial charge is 0.472 e. The van der Waals surface area contributed by atoms with Gasteiger partial charge in [-0.25, -0.2) is 4.57 Å². The Hall–Kier alpha value is -3.59. The van der Waals surface area contributed by atoms with Gasteiger partial charge in [0.2, 0.25) is 0 Å². The summed E-state index contributed by atoms with van der Waals surface area (Å²) in [5.74, 6) is -0.838. The van der Waals surface area contributed by atoms with Crippen molar-refractivity contribution in [3.05, 3.63) is 122 Å². The number of allylic oxidation sites excluding steroid dienone is 20. The molecule has 476 valence electrons. The minimum Gasteiger partial charge on any atom is -0.462 e. The maximum absolute atomic E-state index is 12.8. The van der Waals surface area contributed by atoms with E-state index in [4.69, 9.17) is 24.3 Å². The van der Waals surface area contributed by atoms with Crippen LogP contribution in [0.5, 0.6) is 0 Å². The van der Waals surface area contributed by atoms with Crippen LogP contribution in [0.4, 0.5) is 0 Å². The molecule has 0 aliphatic heterocycles. The van der Waals surface area contributed by atoms with E-state index in [1.807, 2.05) is 0 Å². The fraction of sp³-hybridized carbons (Fsp3) is 0.699. The van der Waals surface area contributed by atoms with Gasteiger partial charge < -0.3 is 20.1 Å². The summed E-state index contributed by atoms with van der Waals surface area (Å²) >= 11 is 0. The van der Waals surface area contributed by atoms with Crippen LogP contribution in [0.2, 0.25) is 0 Å². The Balaban J connectivity index is 3.97. The number of esters is 2. The highest BCUT2D eigenvalue weighted by Gasteiger charge is 2.26. The van der Waals surface area contributed by atoms with Crippen molar-refractivity contribution in [1.29, 1.82) is 0 Å². The third-order valence-electron chi connectivity index (χ3n) is 14.3. The van der Waals surface area contributed by atoms with Gasteiger partial charge in [0.15, 0.2) is 6.10 Å². The lowest BCUT2D eigenvalue weighted by molar-refractivity contribution is -0.161. The number of unbranched alkanes of at least 4 members (excludes halogenated alkanes) is 30. The van der Waals surface area contributed by atoms with E-state index in [1.54, 1.807) is 0 Å². The summed E-state index contributed by atoms with van der Waals surface area (Å²) in [4.78, 5) is 35.3. The molecule has 0 saturated carbocycles. The number of hydrogen-bond acceptors (Lipinski definition) is 8. The number of phosphoric acid groups is 1. The lowest BCUT2D eigenvalue weighted by Gasteiger charge is -2.19. The number of hydrogen-bond donors (Lipinski definition) is 2. The Kier molecular flexibility index (Phi) is 64.6. The van der Waals surface area contributed by atoms with Gasteiger partial charge in [0, 0.05) is 19.4 Å². The van der Waals surface area contributed by atoms with Gasteiger partial charge in [0.25, 0.3) is 0 Å². The van der Waals surface area contributed by atoms with E-state index in [1.165, 1.54) is 161 Å². The maximum atomic E-state index is 12.8. The van der Waals surface area contributed by atoms with Gasteiger partial charge in [0.1, 0.15) is 6.61 Å². The van der Waals surface area contributed by atoms with Crippen LogP contribution >= 0.6 is 7.82 Å². The first-order valence-electron chi connectivity index (χ1n) is 34.0. The Bertz CT molecular complexity index is 1770. The van der Waals surface area contributed by atoms with Crippen LogP contribution in [0.25, 0.3) is 0 Å². The molecule has 0 heterocycles. The van der Waals surface area contributed by atoms with Crippen molar-refractivity contribution < 1.29 is 37.6 Å². The van der Waals surface area contributed by atoms with E-state index in [0.29, 0.717) is 6.42 Å². The van der Waals surface area contributed by atoms with E-state index in [-0.39, 0.29) is 38.6 Å². The van der Waals surface area contributed by atoms with Gasteiger partial charge in [-0.15, -0.1) is 0 Å². The average Bonchev–Trinajstić information content (AvgIpc) is 3.48. The van der Waals surface area contributed by atoms with Crippen LogP contribution in [0.1, 0.15) is 296 Å². The molecule has 0 aromatic rings. The molecule has 0 bridgehead atoms. The summed E-state index contributed by atoms with van der Waals surface area (Å²) in [5, 5.41) is 0. The van der Waals surface area contributed by atoms with Crippen molar-refractivity contribution in [2.24, 2.45) is 5.73 Å². The quantitative estimate of drug-likeness (QED) is 0.0264. The molecule has 0 radical (unpaired) electrons. The van der Waals surface area contributed by atoms with Crippen molar-refractivity contribution in [2.45, 2.75) is 302 Å². The smallest absolute Gasteiger partial charge is 0.462 e. The molecule has 0 aliphatic carbocycles. The lowest BCUT2D eigenvalue weighted by atomic mass is 10.0. The summed E-state index contributed by atoms with van der Waals surface area (Å²) in [6.45, 7) is 3.64. The van der Waals surface area contributed by atoms with Crippen LogP contribution < -0.4 is 5.73 Å². The third-order valence-corrected chi connectivity index (χ3v) is 15.3. The molecule has 0 aliphatic rings. The zero-order chi connectivity index (χ0) is 60.1. The number of carbonyl (C=O) groups is 2. The molecular weight excluding hydrogens is 1050 g/mol. The van der Waals surface area contributed by atoms with E-state index in [0.717, 1.165) is 103 Å². The molecule has 9 nitrogen and oxygen atoms in total. The van der Waals surface area contributed by atoms with E-state index in [2.05, 4.69) is 135 Å². The molecule has 2 unspecified atom stereocenters. The Morgan fingerprint density at radius 2 is 0.663 bits per heavy atom. The van der Waals surface area contributed by atoms with E-state index in [9.17, 15) is 19.0 Å². The highest BCUT2D eigenvalue weighted by atomic mass is 31.2. The number of rotatable bonds is 63. The number of phosphoric ester groups is 1. The molecule has 0 aromatic carbocycles. The molecule has 0 aromatic heterocycles. The van der Waals surface area contributed by atoms with Crippen LogP contribution in [0.3, 0.4) is 0 Å². The predicted octanol–water partition coefficient (Wildman–Crippen LogP) is 22.3. The summed E-state index contributed by atoms with van der Waals surface area (Å²) < 4.78 is 33.1. The second-order valence-corrected chi connectivity index (χ2v) is 23.8. The second-order valence-electron chi connectivity index (χ2n) is 22.3. The number of nitrogens with two attached hydrogens (primary N) is 1. The van der Waals surface area contributed by atoms with E-state index >= 15 is 0 Å². The first-order chi connectivity index (χ1) is 40.8. The minimum absolute atomic E-state index is 0.0466. The average molecular weight is 1180 g/mol. The summed E-state index contributed by atoms with van der Waals surface area (Å²) in [6, 6.07) is 0. The molecule has 0 rings (SSSR count). The molecular formula is C73H126NO8P. The van der Waals surface area contributed by atoms with Crippen molar-refractivity contribution in [3.63, 3.8) is 0 Å². The fourth-order valence-electron chi connectivity index (χ4n) is 9.33. The van der Waals surface area contributed by atoms with E-state index < -0.39 is 26.5 Å². The molecule has 0 amide bonds. The van der Waals surface area contributed by atoms with Gasteiger partial charge in [-0.1, -0.05) is 296 Å². The molecule has 0 saturated heterocycles. The summed E-state index contributed by atoms with van der Waals surface area (Å²) in [7, 11) is -4.40. The van der Waals surface area contributed by atoms with Crippen molar-refractivity contribution >= 4 is 19.8 Å². The van der Waals surface area contributed by atoms with Crippen LogP contribution in [-0.4, -0.2) is 49.3 Å². The molecule has 10 heteroatoms.